The number of pyridine rings is 1. The van der Waals surface area contributed by atoms with Crippen LogP contribution in [0.25, 0.3) is 10.9 Å². The van der Waals surface area contributed by atoms with E-state index in [-0.39, 0.29) is 10.6 Å². The SMILES string of the molecule is CC1CN(c2ccc([N+](=O)[O-])c3cccnc23)C(C)CN1. The first-order valence-electron chi connectivity index (χ1n) is 7.10. The van der Waals surface area contributed by atoms with E-state index in [4.69, 9.17) is 0 Å². The highest BCUT2D eigenvalue weighted by Crippen LogP contribution is 2.33. The van der Waals surface area contributed by atoms with Gasteiger partial charge in [-0.25, -0.2) is 0 Å². The average Bonchev–Trinajstić information content (AvgIpc) is 2.48. The van der Waals surface area contributed by atoms with Gasteiger partial charge in [0.25, 0.3) is 5.69 Å². The maximum atomic E-state index is 11.2. The van der Waals surface area contributed by atoms with Gasteiger partial charge in [-0.15, -0.1) is 0 Å². The minimum absolute atomic E-state index is 0.109. The second kappa shape index (κ2) is 5.29. The van der Waals surface area contributed by atoms with Crippen LogP contribution in [0.5, 0.6) is 0 Å². The fraction of sp³-hybridized carbons (Fsp3) is 0.400. The molecular weight excluding hydrogens is 268 g/mol. The lowest BCUT2D eigenvalue weighted by Crippen LogP contribution is -2.54. The third kappa shape index (κ3) is 2.42. The summed E-state index contributed by atoms with van der Waals surface area (Å²) in [6.07, 6.45) is 1.69. The molecule has 6 nitrogen and oxygen atoms in total. The van der Waals surface area contributed by atoms with Gasteiger partial charge in [-0.1, -0.05) is 0 Å². The highest BCUT2D eigenvalue weighted by Gasteiger charge is 2.26. The summed E-state index contributed by atoms with van der Waals surface area (Å²) in [6.45, 7) is 6.05. The number of hydrogen-bond acceptors (Lipinski definition) is 5. The first kappa shape index (κ1) is 13.8. The Morgan fingerprint density at radius 1 is 1.38 bits per heavy atom. The molecule has 2 unspecified atom stereocenters. The Kier molecular flexibility index (Phi) is 3.47. The molecule has 1 fully saturated rings. The number of anilines is 1. The Labute approximate surface area is 122 Å². The molecule has 21 heavy (non-hydrogen) atoms. The third-order valence-electron chi connectivity index (χ3n) is 4.00. The van der Waals surface area contributed by atoms with Crippen LogP contribution in [0.4, 0.5) is 11.4 Å². The fourth-order valence-electron chi connectivity index (χ4n) is 2.89. The lowest BCUT2D eigenvalue weighted by molar-refractivity contribution is -0.383. The standard InChI is InChI=1S/C15H18N4O2/c1-10-9-18(11(2)8-17-10)14-6-5-13(19(20)21)12-4-3-7-16-15(12)14/h3-7,10-11,17H,8-9H2,1-2H3. The molecule has 0 saturated carbocycles. The molecule has 0 radical (unpaired) electrons. The van der Waals surface area contributed by atoms with E-state index in [1.165, 1.54) is 0 Å². The summed E-state index contributed by atoms with van der Waals surface area (Å²) >= 11 is 0. The maximum Gasteiger partial charge on any atom is 0.278 e. The molecule has 0 aliphatic carbocycles. The van der Waals surface area contributed by atoms with Gasteiger partial charge < -0.3 is 10.2 Å². The normalized spacial score (nSPS) is 22.5. The average molecular weight is 286 g/mol. The summed E-state index contributed by atoms with van der Waals surface area (Å²) in [4.78, 5) is 17.5. The van der Waals surface area contributed by atoms with Gasteiger partial charge in [-0.3, -0.25) is 15.1 Å². The summed E-state index contributed by atoms with van der Waals surface area (Å²) in [5.41, 5.74) is 1.78. The largest absolute Gasteiger partial charge is 0.364 e. The molecule has 1 aromatic carbocycles. The summed E-state index contributed by atoms with van der Waals surface area (Å²) in [5, 5.41) is 15.2. The van der Waals surface area contributed by atoms with Gasteiger partial charge in [-0.05, 0) is 32.0 Å². The van der Waals surface area contributed by atoms with Crippen molar-refractivity contribution in [2.75, 3.05) is 18.0 Å². The molecule has 2 heterocycles. The molecule has 1 saturated heterocycles. The molecule has 110 valence electrons. The van der Waals surface area contributed by atoms with Crippen LogP contribution < -0.4 is 10.2 Å². The van der Waals surface area contributed by atoms with Crippen molar-refractivity contribution in [1.29, 1.82) is 0 Å². The number of nitro groups is 1. The Morgan fingerprint density at radius 2 is 2.19 bits per heavy atom. The Balaban J connectivity index is 2.15. The van der Waals surface area contributed by atoms with E-state index in [0.717, 1.165) is 18.8 Å². The Hall–Kier alpha value is -2.21. The second-order valence-corrected chi connectivity index (χ2v) is 5.57. The van der Waals surface area contributed by atoms with Crippen molar-refractivity contribution < 1.29 is 4.92 Å². The van der Waals surface area contributed by atoms with Crippen molar-refractivity contribution in [2.45, 2.75) is 25.9 Å². The van der Waals surface area contributed by atoms with Gasteiger partial charge in [0.1, 0.15) is 5.52 Å². The van der Waals surface area contributed by atoms with Crippen molar-refractivity contribution in [3.05, 3.63) is 40.6 Å². The second-order valence-electron chi connectivity index (χ2n) is 5.57. The van der Waals surface area contributed by atoms with Crippen LogP contribution in [0.2, 0.25) is 0 Å². The lowest BCUT2D eigenvalue weighted by atomic mass is 10.1. The summed E-state index contributed by atoms with van der Waals surface area (Å²) in [5.74, 6) is 0. The van der Waals surface area contributed by atoms with Crippen LogP contribution in [-0.4, -0.2) is 35.1 Å². The van der Waals surface area contributed by atoms with Gasteiger partial charge in [0, 0.05) is 37.4 Å². The van der Waals surface area contributed by atoms with E-state index in [1.54, 1.807) is 24.4 Å². The molecule has 0 spiro atoms. The fourth-order valence-corrected chi connectivity index (χ4v) is 2.89. The molecule has 2 aromatic rings. The molecule has 1 aliphatic heterocycles. The maximum absolute atomic E-state index is 11.2. The van der Waals surface area contributed by atoms with E-state index in [9.17, 15) is 10.1 Å². The zero-order valence-electron chi connectivity index (χ0n) is 12.1. The monoisotopic (exact) mass is 286 g/mol. The van der Waals surface area contributed by atoms with Crippen molar-refractivity contribution in [2.24, 2.45) is 0 Å². The van der Waals surface area contributed by atoms with Gasteiger partial charge in [0.2, 0.25) is 0 Å². The first-order chi connectivity index (χ1) is 10.1. The lowest BCUT2D eigenvalue weighted by Gasteiger charge is -2.39. The molecule has 1 aromatic heterocycles. The minimum atomic E-state index is -0.350. The van der Waals surface area contributed by atoms with E-state index in [1.807, 2.05) is 6.07 Å². The van der Waals surface area contributed by atoms with Gasteiger partial charge in [0.05, 0.1) is 16.0 Å². The molecule has 0 amide bonds. The van der Waals surface area contributed by atoms with Crippen molar-refractivity contribution in [3.63, 3.8) is 0 Å². The summed E-state index contributed by atoms with van der Waals surface area (Å²) in [7, 11) is 0. The van der Waals surface area contributed by atoms with Gasteiger partial charge in [-0.2, -0.15) is 0 Å². The number of benzene rings is 1. The quantitative estimate of drug-likeness (QED) is 0.677. The molecule has 3 rings (SSSR count). The van der Waals surface area contributed by atoms with Crippen molar-refractivity contribution in [3.8, 4) is 0 Å². The van der Waals surface area contributed by atoms with Crippen LogP contribution in [0.15, 0.2) is 30.5 Å². The number of hydrogen-bond donors (Lipinski definition) is 1. The zero-order valence-corrected chi connectivity index (χ0v) is 12.1. The van der Waals surface area contributed by atoms with E-state index in [0.29, 0.717) is 23.0 Å². The van der Waals surface area contributed by atoms with Crippen molar-refractivity contribution >= 4 is 22.3 Å². The van der Waals surface area contributed by atoms with Crippen LogP contribution in [0.1, 0.15) is 13.8 Å². The predicted molar refractivity (Wildman–Crippen MR) is 82.7 cm³/mol. The number of aromatic nitrogens is 1. The Bertz CT molecular complexity index is 688. The Morgan fingerprint density at radius 3 is 2.95 bits per heavy atom. The van der Waals surface area contributed by atoms with Crippen LogP contribution in [0, 0.1) is 10.1 Å². The summed E-state index contributed by atoms with van der Waals surface area (Å²) in [6, 6.07) is 7.62. The van der Waals surface area contributed by atoms with Gasteiger partial charge >= 0.3 is 0 Å². The zero-order chi connectivity index (χ0) is 15.0. The smallest absolute Gasteiger partial charge is 0.278 e. The molecule has 6 heteroatoms. The number of nitrogens with zero attached hydrogens (tertiary/aromatic N) is 3. The van der Waals surface area contributed by atoms with Crippen molar-refractivity contribution in [1.82, 2.24) is 10.3 Å². The van der Waals surface area contributed by atoms with Crippen LogP contribution >= 0.6 is 0 Å². The highest BCUT2D eigenvalue weighted by atomic mass is 16.6. The molecule has 1 aliphatic rings. The number of rotatable bonds is 2. The van der Waals surface area contributed by atoms with Crippen LogP contribution in [-0.2, 0) is 0 Å². The highest BCUT2D eigenvalue weighted by molar-refractivity contribution is 5.97. The number of fused-ring (bicyclic) bond motifs is 1. The van der Waals surface area contributed by atoms with Crippen LogP contribution in [0.3, 0.4) is 0 Å². The molecule has 2 atom stereocenters. The minimum Gasteiger partial charge on any atom is -0.364 e. The predicted octanol–water partition coefficient (Wildman–Crippen LogP) is 2.33. The summed E-state index contributed by atoms with van der Waals surface area (Å²) < 4.78 is 0. The number of nitrogens with one attached hydrogen (secondary N) is 1. The van der Waals surface area contributed by atoms with Gasteiger partial charge in [0.15, 0.2) is 0 Å². The first-order valence-corrected chi connectivity index (χ1v) is 7.10. The molecule has 0 bridgehead atoms. The molecular formula is C15H18N4O2. The topological polar surface area (TPSA) is 71.3 Å². The van der Waals surface area contributed by atoms with E-state index in [2.05, 4.69) is 29.0 Å². The third-order valence-corrected chi connectivity index (χ3v) is 4.00. The van der Waals surface area contributed by atoms with E-state index < -0.39 is 0 Å². The number of non-ortho nitro benzene ring substituents is 1. The number of nitro benzene ring substituents is 1. The molecule has 1 N–H and O–H groups in total. The number of piperazine rings is 1. The van der Waals surface area contributed by atoms with E-state index >= 15 is 0 Å².